The van der Waals surface area contributed by atoms with E-state index in [4.69, 9.17) is 4.74 Å². The number of aromatic nitrogens is 4. The van der Waals surface area contributed by atoms with Gasteiger partial charge in [0.25, 0.3) is 0 Å². The van der Waals surface area contributed by atoms with Crippen LogP contribution in [0.4, 0.5) is 0 Å². The highest BCUT2D eigenvalue weighted by molar-refractivity contribution is 5.52. The molecule has 164 valence electrons. The summed E-state index contributed by atoms with van der Waals surface area (Å²) >= 11 is 0. The van der Waals surface area contributed by atoms with Crippen LogP contribution in [0.5, 0.6) is 0 Å². The Morgan fingerprint density at radius 3 is 2.57 bits per heavy atom. The van der Waals surface area contributed by atoms with Gasteiger partial charge in [0.05, 0.1) is 18.8 Å². The van der Waals surface area contributed by atoms with E-state index in [9.17, 15) is 0 Å². The molecule has 0 N–H and O–H groups in total. The number of morpholine rings is 1. The normalized spacial score (nSPS) is 25.7. The van der Waals surface area contributed by atoms with Crippen molar-refractivity contribution >= 4 is 0 Å². The third-order valence-corrected chi connectivity index (χ3v) is 6.25. The molecule has 2 aromatic rings. The fourth-order valence-corrected chi connectivity index (χ4v) is 4.91. The topological polar surface area (TPSA) is 59.3 Å². The summed E-state index contributed by atoms with van der Waals surface area (Å²) in [5.41, 5.74) is 1.02. The zero-order valence-corrected chi connectivity index (χ0v) is 18.5. The molecule has 3 atom stereocenters. The highest BCUT2D eigenvalue weighted by atomic mass is 16.5. The second-order valence-electron chi connectivity index (χ2n) is 8.94. The Balaban J connectivity index is 1.15. The van der Waals surface area contributed by atoms with E-state index < -0.39 is 0 Å². The van der Waals surface area contributed by atoms with E-state index in [2.05, 4.69) is 39.1 Å². The third kappa shape index (κ3) is 5.86. The predicted octanol–water partition coefficient (Wildman–Crippen LogP) is 3.08. The molecule has 2 aliphatic heterocycles. The van der Waals surface area contributed by atoms with Crippen molar-refractivity contribution in [3.8, 4) is 11.4 Å². The van der Waals surface area contributed by atoms with Crippen LogP contribution >= 0.6 is 0 Å². The highest BCUT2D eigenvalue weighted by Gasteiger charge is 2.29. The van der Waals surface area contributed by atoms with Crippen molar-refractivity contribution in [3.05, 3.63) is 30.3 Å². The minimum Gasteiger partial charge on any atom is -0.373 e. The van der Waals surface area contributed by atoms with Gasteiger partial charge in [0.15, 0.2) is 0 Å². The molecule has 3 heterocycles. The minimum atomic E-state index is 0.358. The van der Waals surface area contributed by atoms with Crippen molar-refractivity contribution in [2.75, 3.05) is 32.7 Å². The Morgan fingerprint density at radius 1 is 1.00 bits per heavy atom. The molecule has 2 saturated heterocycles. The van der Waals surface area contributed by atoms with Gasteiger partial charge in [-0.3, -0.25) is 9.80 Å². The second kappa shape index (κ2) is 10.5. The van der Waals surface area contributed by atoms with E-state index in [1.165, 1.54) is 45.3 Å². The molecule has 0 amide bonds. The zero-order valence-electron chi connectivity index (χ0n) is 18.5. The molecule has 7 nitrogen and oxygen atoms in total. The van der Waals surface area contributed by atoms with Crippen molar-refractivity contribution in [1.82, 2.24) is 30.0 Å². The average molecular weight is 413 g/mol. The molecule has 0 aliphatic carbocycles. The van der Waals surface area contributed by atoms with E-state index in [1.807, 2.05) is 30.3 Å². The number of hydrogen-bond donors (Lipinski definition) is 0. The maximum atomic E-state index is 5.89. The summed E-state index contributed by atoms with van der Waals surface area (Å²) in [6.07, 6.45) is 6.94. The maximum absolute atomic E-state index is 5.89. The van der Waals surface area contributed by atoms with Crippen LogP contribution < -0.4 is 0 Å². The lowest BCUT2D eigenvalue weighted by atomic mass is 10.1. The molecular weight excluding hydrogens is 376 g/mol. The van der Waals surface area contributed by atoms with Crippen molar-refractivity contribution < 1.29 is 4.74 Å². The Hall–Kier alpha value is -1.83. The van der Waals surface area contributed by atoms with Gasteiger partial charge in [-0.15, -0.1) is 10.2 Å². The van der Waals surface area contributed by atoms with Crippen LogP contribution in [0.25, 0.3) is 11.4 Å². The van der Waals surface area contributed by atoms with Crippen LogP contribution in [-0.2, 0) is 11.3 Å². The van der Waals surface area contributed by atoms with Gasteiger partial charge in [-0.05, 0) is 57.8 Å². The number of nitrogens with zero attached hydrogens (tertiary/aromatic N) is 6. The van der Waals surface area contributed by atoms with Gasteiger partial charge in [0.1, 0.15) is 0 Å². The van der Waals surface area contributed by atoms with Gasteiger partial charge in [-0.25, -0.2) is 0 Å². The van der Waals surface area contributed by atoms with Crippen LogP contribution in [0.1, 0.15) is 46.0 Å². The predicted molar refractivity (Wildman–Crippen MR) is 118 cm³/mol. The first-order chi connectivity index (χ1) is 14.7. The lowest BCUT2D eigenvalue weighted by Gasteiger charge is -2.38. The van der Waals surface area contributed by atoms with Crippen molar-refractivity contribution in [2.45, 2.75) is 70.7 Å². The van der Waals surface area contributed by atoms with Crippen LogP contribution in [0.3, 0.4) is 0 Å². The number of tetrazole rings is 1. The largest absolute Gasteiger partial charge is 0.373 e. The molecule has 0 spiro atoms. The zero-order chi connectivity index (χ0) is 20.8. The van der Waals surface area contributed by atoms with E-state index >= 15 is 0 Å². The van der Waals surface area contributed by atoms with Crippen LogP contribution in [-0.4, -0.2) is 81.0 Å². The molecule has 3 unspecified atom stereocenters. The van der Waals surface area contributed by atoms with Crippen LogP contribution in [0, 0.1) is 0 Å². The molecule has 1 aromatic heterocycles. The molecule has 2 aliphatic rings. The number of rotatable bonds is 9. The number of likely N-dealkylation sites (tertiary alicyclic amines) is 1. The molecule has 2 fully saturated rings. The van der Waals surface area contributed by atoms with Crippen LogP contribution in [0.2, 0.25) is 0 Å². The maximum Gasteiger partial charge on any atom is 0.204 e. The lowest BCUT2D eigenvalue weighted by molar-refractivity contribution is -0.0722. The number of unbranched alkanes of at least 4 members (excludes halogenated alkanes) is 2. The Bertz CT molecular complexity index is 756. The molecule has 7 heteroatoms. The van der Waals surface area contributed by atoms with Crippen molar-refractivity contribution in [1.29, 1.82) is 0 Å². The summed E-state index contributed by atoms with van der Waals surface area (Å²) in [7, 11) is 0. The van der Waals surface area contributed by atoms with E-state index in [-0.39, 0.29) is 0 Å². The molecule has 0 bridgehead atoms. The van der Waals surface area contributed by atoms with E-state index in [0.717, 1.165) is 31.6 Å². The van der Waals surface area contributed by atoms with Gasteiger partial charge >= 0.3 is 0 Å². The Labute approximate surface area is 180 Å². The average Bonchev–Trinajstić information content (AvgIpc) is 3.37. The van der Waals surface area contributed by atoms with Crippen molar-refractivity contribution in [3.63, 3.8) is 0 Å². The van der Waals surface area contributed by atoms with Gasteiger partial charge in [0.2, 0.25) is 5.82 Å². The summed E-state index contributed by atoms with van der Waals surface area (Å²) in [6.45, 7) is 11.0. The van der Waals surface area contributed by atoms with Gasteiger partial charge < -0.3 is 4.74 Å². The minimum absolute atomic E-state index is 0.358. The summed E-state index contributed by atoms with van der Waals surface area (Å²) in [4.78, 5) is 7.07. The first kappa shape index (κ1) is 21.4. The number of benzene rings is 1. The standard InChI is InChI=1S/C23H36N6O/c1-19-16-27(17-20(2)30-19)18-22-12-9-14-28(22)13-7-4-8-15-29-25-23(24-26-29)21-10-5-3-6-11-21/h3,5-6,10-11,19-20,22H,4,7-9,12-18H2,1-2H3. The van der Waals surface area contributed by atoms with Gasteiger partial charge in [0, 0.05) is 31.2 Å². The fourth-order valence-electron chi connectivity index (χ4n) is 4.91. The first-order valence-corrected chi connectivity index (χ1v) is 11.6. The van der Waals surface area contributed by atoms with Crippen LogP contribution in [0.15, 0.2) is 30.3 Å². The monoisotopic (exact) mass is 412 g/mol. The van der Waals surface area contributed by atoms with E-state index in [0.29, 0.717) is 24.1 Å². The third-order valence-electron chi connectivity index (χ3n) is 6.25. The molecule has 0 saturated carbocycles. The number of aryl methyl sites for hydroxylation is 1. The fraction of sp³-hybridized carbons (Fsp3) is 0.696. The molecule has 4 rings (SSSR count). The summed E-state index contributed by atoms with van der Waals surface area (Å²) in [5.74, 6) is 0.710. The molecule has 30 heavy (non-hydrogen) atoms. The van der Waals surface area contributed by atoms with Gasteiger partial charge in [-0.2, -0.15) is 4.80 Å². The van der Waals surface area contributed by atoms with Gasteiger partial charge in [-0.1, -0.05) is 36.8 Å². The number of ether oxygens (including phenoxy) is 1. The Kier molecular flexibility index (Phi) is 7.47. The summed E-state index contributed by atoms with van der Waals surface area (Å²) in [5, 5.41) is 12.9. The van der Waals surface area contributed by atoms with E-state index in [1.54, 1.807) is 4.80 Å². The number of hydrogen-bond acceptors (Lipinski definition) is 6. The quantitative estimate of drug-likeness (QED) is 0.590. The smallest absolute Gasteiger partial charge is 0.204 e. The summed E-state index contributed by atoms with van der Waals surface area (Å²) < 4.78 is 5.89. The first-order valence-electron chi connectivity index (χ1n) is 11.6. The molecule has 0 radical (unpaired) electrons. The highest BCUT2D eigenvalue weighted by Crippen LogP contribution is 2.21. The molecular formula is C23H36N6O. The molecule has 1 aromatic carbocycles. The second-order valence-corrected chi connectivity index (χ2v) is 8.94. The SMILES string of the molecule is CC1CN(CC2CCCN2CCCCCn2nnc(-c3ccccc3)n2)CC(C)O1. The van der Waals surface area contributed by atoms with Crippen molar-refractivity contribution in [2.24, 2.45) is 0 Å². The lowest BCUT2D eigenvalue weighted by Crippen LogP contribution is -2.50. The summed E-state index contributed by atoms with van der Waals surface area (Å²) in [6, 6.07) is 10.8. The Morgan fingerprint density at radius 2 is 1.77 bits per heavy atom.